The molecule has 4 rings (SSSR count). The van der Waals surface area contributed by atoms with Crippen molar-refractivity contribution in [1.82, 2.24) is 0 Å². The number of carbonyl (C=O) groups excluding carboxylic acids is 3. The van der Waals surface area contributed by atoms with Crippen LogP contribution in [-0.2, 0) is 38.1 Å². The number of esters is 3. The highest BCUT2D eigenvalue weighted by molar-refractivity contribution is 5.91. The normalized spacial score (nSPS) is 44.4. The molecule has 0 saturated carbocycles. The van der Waals surface area contributed by atoms with Gasteiger partial charge in [0.05, 0.1) is 29.6 Å². The van der Waals surface area contributed by atoms with Crippen molar-refractivity contribution in [3.63, 3.8) is 0 Å². The molecule has 0 bridgehead atoms. The Morgan fingerprint density at radius 3 is 2.55 bits per heavy atom. The Hall–Kier alpha value is -2.19. The summed E-state index contributed by atoms with van der Waals surface area (Å²) in [4.78, 5) is 37.8. The average Bonchev–Trinajstić information content (AvgIpc) is 3.55. The number of epoxide rings is 2. The van der Waals surface area contributed by atoms with Crippen LogP contribution in [-0.4, -0.2) is 59.6 Å². The van der Waals surface area contributed by atoms with Gasteiger partial charge in [0.1, 0.15) is 18.3 Å². The van der Waals surface area contributed by atoms with Crippen molar-refractivity contribution in [2.75, 3.05) is 0 Å². The standard InChI is InChI=1S/C25H34O8/c1-8-12(2)21(26)29-16-10-19-24(6,33-19)11-18(31-23(28)25(7)15(5)32-25)20-14(4)22(27)30-17(20)9-13(16)3/h9,12,15-20H,4,8,10-11H2,1-3,5-7H3/b13-9-/t12-,15+,16+,17-,18-,19-,20+,24-,25-/m1/s1. The zero-order valence-corrected chi connectivity index (χ0v) is 20.2. The lowest BCUT2D eigenvalue weighted by Crippen LogP contribution is -2.40. The molecule has 3 heterocycles. The monoisotopic (exact) mass is 462 g/mol. The summed E-state index contributed by atoms with van der Waals surface area (Å²) in [5.41, 5.74) is -0.551. The van der Waals surface area contributed by atoms with Gasteiger partial charge >= 0.3 is 17.9 Å². The van der Waals surface area contributed by atoms with Crippen molar-refractivity contribution in [3.05, 3.63) is 23.8 Å². The SMILES string of the molecule is C=C1C(=O)O[C@@H]2/C=C(/C)[C@@H](OC(=O)[C@H](C)CC)C[C@H]3O[C@]3(C)C[C@@H](OC(=O)[C@]3(C)O[C@H]3C)[C@@H]12. The summed E-state index contributed by atoms with van der Waals surface area (Å²) in [7, 11) is 0. The minimum absolute atomic E-state index is 0.175. The zero-order chi connectivity index (χ0) is 24.3. The highest BCUT2D eigenvalue weighted by atomic mass is 16.7. The fraction of sp³-hybridized carbons (Fsp3) is 0.720. The first-order valence-corrected chi connectivity index (χ1v) is 11.7. The Morgan fingerprint density at radius 1 is 1.27 bits per heavy atom. The van der Waals surface area contributed by atoms with E-state index in [1.54, 1.807) is 13.0 Å². The Balaban J connectivity index is 1.64. The molecule has 0 unspecified atom stereocenters. The number of hydrogen-bond donors (Lipinski definition) is 0. The largest absolute Gasteiger partial charge is 0.459 e. The van der Waals surface area contributed by atoms with Crippen LogP contribution in [0.3, 0.4) is 0 Å². The number of hydrogen-bond acceptors (Lipinski definition) is 8. The molecular weight excluding hydrogens is 428 g/mol. The van der Waals surface area contributed by atoms with E-state index in [9.17, 15) is 14.4 Å². The molecular formula is C25H34O8. The van der Waals surface area contributed by atoms with Crippen LogP contribution in [0.25, 0.3) is 0 Å². The van der Waals surface area contributed by atoms with Crippen LogP contribution in [0.4, 0.5) is 0 Å². The van der Waals surface area contributed by atoms with Crippen molar-refractivity contribution in [1.29, 1.82) is 0 Å². The van der Waals surface area contributed by atoms with Gasteiger partial charge in [0.2, 0.25) is 0 Å². The van der Waals surface area contributed by atoms with Crippen LogP contribution in [0.5, 0.6) is 0 Å². The molecule has 8 nitrogen and oxygen atoms in total. The lowest BCUT2D eigenvalue weighted by molar-refractivity contribution is -0.159. The molecule has 0 spiro atoms. The first-order valence-electron chi connectivity index (χ1n) is 11.7. The highest BCUT2D eigenvalue weighted by Gasteiger charge is 2.61. The van der Waals surface area contributed by atoms with Crippen LogP contribution in [0.1, 0.15) is 60.8 Å². The van der Waals surface area contributed by atoms with Gasteiger partial charge in [-0.25, -0.2) is 9.59 Å². The van der Waals surface area contributed by atoms with Crippen molar-refractivity contribution >= 4 is 17.9 Å². The molecule has 0 aromatic rings. The van der Waals surface area contributed by atoms with E-state index in [0.29, 0.717) is 19.3 Å². The minimum atomic E-state index is -0.985. The molecule has 3 saturated heterocycles. The Bertz CT molecular complexity index is 908. The maximum atomic E-state index is 12.9. The third kappa shape index (κ3) is 4.35. The van der Waals surface area contributed by atoms with Gasteiger partial charge in [-0.3, -0.25) is 4.79 Å². The Morgan fingerprint density at radius 2 is 1.94 bits per heavy atom. The van der Waals surface area contributed by atoms with Gasteiger partial charge in [0.15, 0.2) is 5.60 Å². The third-order valence-corrected chi connectivity index (χ3v) is 7.74. The maximum absolute atomic E-state index is 12.9. The number of fused-ring (bicyclic) bond motifs is 2. The second-order valence-electron chi connectivity index (χ2n) is 10.2. The predicted molar refractivity (Wildman–Crippen MR) is 117 cm³/mol. The summed E-state index contributed by atoms with van der Waals surface area (Å²) in [6.45, 7) is 15.0. The summed E-state index contributed by atoms with van der Waals surface area (Å²) in [5.74, 6) is -2.04. The molecule has 1 aliphatic carbocycles. The fourth-order valence-corrected chi connectivity index (χ4v) is 4.70. The second kappa shape index (κ2) is 8.24. The molecule has 4 aliphatic rings. The van der Waals surface area contributed by atoms with Gasteiger partial charge in [-0.2, -0.15) is 0 Å². The summed E-state index contributed by atoms with van der Waals surface area (Å²) in [5, 5.41) is 0. The molecule has 0 amide bonds. The van der Waals surface area contributed by atoms with Crippen molar-refractivity contribution in [2.45, 2.75) is 103 Å². The number of carbonyl (C=O) groups is 3. The van der Waals surface area contributed by atoms with E-state index in [1.165, 1.54) is 0 Å². The predicted octanol–water partition coefficient (Wildman–Crippen LogP) is 3.03. The third-order valence-electron chi connectivity index (χ3n) is 7.74. The molecule has 0 aromatic heterocycles. The van der Waals surface area contributed by atoms with Gasteiger partial charge in [0.25, 0.3) is 0 Å². The lowest BCUT2D eigenvalue weighted by atomic mass is 9.82. The summed E-state index contributed by atoms with van der Waals surface area (Å²) in [6.07, 6.45) is 1.06. The van der Waals surface area contributed by atoms with Crippen molar-refractivity contribution in [3.8, 4) is 0 Å². The quantitative estimate of drug-likeness (QED) is 0.202. The average molecular weight is 463 g/mol. The summed E-state index contributed by atoms with van der Waals surface area (Å²) in [6, 6.07) is 0. The molecule has 0 N–H and O–H groups in total. The van der Waals surface area contributed by atoms with E-state index in [0.717, 1.165) is 5.57 Å². The topological polar surface area (TPSA) is 104 Å². The maximum Gasteiger partial charge on any atom is 0.341 e. The lowest BCUT2D eigenvalue weighted by Gasteiger charge is -2.30. The van der Waals surface area contributed by atoms with E-state index in [4.69, 9.17) is 23.7 Å². The van der Waals surface area contributed by atoms with Crippen molar-refractivity contribution in [2.24, 2.45) is 11.8 Å². The molecule has 0 aromatic carbocycles. The van der Waals surface area contributed by atoms with Crippen LogP contribution < -0.4 is 0 Å². The van der Waals surface area contributed by atoms with Crippen LogP contribution in [0, 0.1) is 11.8 Å². The Labute approximate surface area is 194 Å². The summed E-state index contributed by atoms with van der Waals surface area (Å²) >= 11 is 0. The molecule has 33 heavy (non-hydrogen) atoms. The smallest absolute Gasteiger partial charge is 0.341 e. The van der Waals surface area contributed by atoms with Gasteiger partial charge in [-0.1, -0.05) is 20.4 Å². The zero-order valence-electron chi connectivity index (χ0n) is 20.2. The van der Waals surface area contributed by atoms with Gasteiger partial charge < -0.3 is 23.7 Å². The van der Waals surface area contributed by atoms with E-state index in [2.05, 4.69) is 6.58 Å². The van der Waals surface area contributed by atoms with Crippen molar-refractivity contribution < 1.29 is 38.1 Å². The van der Waals surface area contributed by atoms with Crippen LogP contribution >= 0.6 is 0 Å². The Kier molecular flexibility index (Phi) is 5.98. The first-order chi connectivity index (χ1) is 15.4. The number of rotatable bonds is 5. The minimum Gasteiger partial charge on any atom is -0.459 e. The molecule has 0 radical (unpaired) electrons. The van der Waals surface area contributed by atoms with E-state index in [1.807, 2.05) is 34.6 Å². The molecule has 3 fully saturated rings. The van der Waals surface area contributed by atoms with Gasteiger partial charge in [0, 0.05) is 18.4 Å². The number of ether oxygens (including phenoxy) is 5. The highest BCUT2D eigenvalue weighted by Crippen LogP contribution is 2.49. The van der Waals surface area contributed by atoms with Gasteiger partial charge in [-0.05, 0) is 45.8 Å². The first kappa shape index (κ1) is 24.0. The molecule has 3 aliphatic heterocycles. The van der Waals surface area contributed by atoms with E-state index in [-0.39, 0.29) is 29.7 Å². The second-order valence-corrected chi connectivity index (χ2v) is 10.2. The van der Waals surface area contributed by atoms with E-state index < -0.39 is 47.4 Å². The molecule has 8 heteroatoms. The van der Waals surface area contributed by atoms with E-state index >= 15 is 0 Å². The van der Waals surface area contributed by atoms with Crippen LogP contribution in [0.2, 0.25) is 0 Å². The van der Waals surface area contributed by atoms with Crippen LogP contribution in [0.15, 0.2) is 23.8 Å². The fourth-order valence-electron chi connectivity index (χ4n) is 4.70. The molecule has 9 atom stereocenters. The summed E-state index contributed by atoms with van der Waals surface area (Å²) < 4.78 is 28.8. The molecule has 182 valence electrons. The van der Waals surface area contributed by atoms with Gasteiger partial charge in [-0.15, -0.1) is 0 Å².